The Morgan fingerprint density at radius 1 is 1.39 bits per heavy atom. The van der Waals surface area contributed by atoms with Crippen molar-refractivity contribution < 1.29 is 4.39 Å². The zero-order chi connectivity index (χ0) is 13.1. The van der Waals surface area contributed by atoms with Crippen molar-refractivity contribution in [3.8, 4) is 5.69 Å². The molecule has 18 heavy (non-hydrogen) atoms. The molecule has 0 saturated carbocycles. The molecule has 0 fully saturated rings. The molecule has 96 valence electrons. The third kappa shape index (κ3) is 2.73. The van der Waals surface area contributed by atoms with Crippen LogP contribution in [0.1, 0.15) is 25.2 Å². The van der Waals surface area contributed by atoms with E-state index in [4.69, 9.17) is 0 Å². The van der Waals surface area contributed by atoms with Gasteiger partial charge in [0.15, 0.2) is 0 Å². The van der Waals surface area contributed by atoms with Crippen LogP contribution >= 0.6 is 0 Å². The van der Waals surface area contributed by atoms with E-state index >= 15 is 0 Å². The van der Waals surface area contributed by atoms with E-state index in [9.17, 15) is 4.39 Å². The maximum atomic E-state index is 13.1. The minimum Gasteiger partial charge on any atom is -0.308 e. The predicted octanol–water partition coefficient (Wildman–Crippen LogP) is 2.21. The highest BCUT2D eigenvalue weighted by molar-refractivity contribution is 5.40. The van der Waals surface area contributed by atoms with Gasteiger partial charge in [0.2, 0.25) is 0 Å². The van der Waals surface area contributed by atoms with Crippen LogP contribution in [-0.4, -0.2) is 20.8 Å². The monoisotopic (exact) mass is 248 g/mol. The van der Waals surface area contributed by atoms with Crippen LogP contribution in [0.15, 0.2) is 24.5 Å². The van der Waals surface area contributed by atoms with E-state index in [0.717, 1.165) is 17.1 Å². The van der Waals surface area contributed by atoms with E-state index in [-0.39, 0.29) is 5.82 Å². The standard InChI is InChI=1S/C13H17FN4/c1-9(2)15-7-13-16-8-17-18(13)12-5-4-11(14)6-10(12)3/h4-6,8-9,15H,7H2,1-3H3. The summed E-state index contributed by atoms with van der Waals surface area (Å²) in [5.74, 6) is 0.580. The molecule has 4 nitrogen and oxygen atoms in total. The molecule has 5 heteroatoms. The summed E-state index contributed by atoms with van der Waals surface area (Å²) >= 11 is 0. The summed E-state index contributed by atoms with van der Waals surface area (Å²) in [6, 6.07) is 5.03. The molecule has 1 aromatic heterocycles. The second-order valence-corrected chi connectivity index (χ2v) is 4.55. The molecule has 1 heterocycles. The average Bonchev–Trinajstić information content (AvgIpc) is 2.74. The molecule has 0 saturated heterocycles. The minimum atomic E-state index is -0.238. The Labute approximate surface area is 106 Å². The molecule has 0 atom stereocenters. The maximum Gasteiger partial charge on any atom is 0.146 e. The van der Waals surface area contributed by atoms with Gasteiger partial charge in [0.05, 0.1) is 12.2 Å². The third-order valence-electron chi connectivity index (χ3n) is 2.67. The van der Waals surface area contributed by atoms with Crippen molar-refractivity contribution in [2.75, 3.05) is 0 Å². The first-order valence-electron chi connectivity index (χ1n) is 5.96. The summed E-state index contributed by atoms with van der Waals surface area (Å²) in [7, 11) is 0. The number of nitrogens with zero attached hydrogens (tertiary/aromatic N) is 3. The van der Waals surface area contributed by atoms with Gasteiger partial charge >= 0.3 is 0 Å². The van der Waals surface area contributed by atoms with E-state index in [1.165, 1.54) is 18.5 Å². The van der Waals surface area contributed by atoms with Crippen LogP contribution in [-0.2, 0) is 6.54 Å². The van der Waals surface area contributed by atoms with Crippen LogP contribution in [0.3, 0.4) is 0 Å². The lowest BCUT2D eigenvalue weighted by Gasteiger charge is -2.11. The Balaban J connectivity index is 2.30. The highest BCUT2D eigenvalue weighted by atomic mass is 19.1. The molecule has 0 aliphatic carbocycles. The Bertz CT molecular complexity index is 534. The van der Waals surface area contributed by atoms with Gasteiger partial charge in [-0.2, -0.15) is 5.10 Å². The summed E-state index contributed by atoms with van der Waals surface area (Å²) in [4.78, 5) is 4.22. The normalized spacial score (nSPS) is 11.2. The van der Waals surface area contributed by atoms with Gasteiger partial charge in [-0.3, -0.25) is 0 Å². The second kappa shape index (κ2) is 5.27. The molecule has 0 bridgehead atoms. The van der Waals surface area contributed by atoms with Gasteiger partial charge in [0.1, 0.15) is 18.0 Å². The van der Waals surface area contributed by atoms with Gasteiger partial charge in [0.25, 0.3) is 0 Å². The topological polar surface area (TPSA) is 42.7 Å². The quantitative estimate of drug-likeness (QED) is 0.902. The van der Waals surface area contributed by atoms with Crippen molar-refractivity contribution in [3.05, 3.63) is 41.7 Å². The average molecular weight is 248 g/mol. The minimum absolute atomic E-state index is 0.238. The molecule has 0 spiro atoms. The van der Waals surface area contributed by atoms with Crippen LogP contribution < -0.4 is 5.32 Å². The van der Waals surface area contributed by atoms with Gasteiger partial charge in [-0.25, -0.2) is 14.1 Å². The molecule has 0 aliphatic heterocycles. The molecule has 1 aromatic carbocycles. The number of hydrogen-bond acceptors (Lipinski definition) is 3. The van der Waals surface area contributed by atoms with Gasteiger partial charge in [-0.05, 0) is 30.7 Å². The lowest BCUT2D eigenvalue weighted by molar-refractivity contribution is 0.562. The van der Waals surface area contributed by atoms with Gasteiger partial charge in [-0.15, -0.1) is 0 Å². The van der Waals surface area contributed by atoms with Crippen molar-refractivity contribution in [2.24, 2.45) is 0 Å². The number of benzene rings is 1. The lowest BCUT2D eigenvalue weighted by Crippen LogP contribution is -2.24. The summed E-state index contributed by atoms with van der Waals surface area (Å²) < 4.78 is 14.8. The summed E-state index contributed by atoms with van der Waals surface area (Å²) in [5.41, 5.74) is 1.70. The fourth-order valence-electron chi connectivity index (χ4n) is 1.74. The summed E-state index contributed by atoms with van der Waals surface area (Å²) in [5, 5.41) is 7.49. The van der Waals surface area contributed by atoms with Crippen LogP contribution in [0, 0.1) is 12.7 Å². The van der Waals surface area contributed by atoms with Crippen molar-refractivity contribution in [2.45, 2.75) is 33.4 Å². The number of halogens is 1. The van der Waals surface area contributed by atoms with Crippen LogP contribution in [0.2, 0.25) is 0 Å². The number of aryl methyl sites for hydroxylation is 1. The fraction of sp³-hybridized carbons (Fsp3) is 0.385. The molecule has 0 radical (unpaired) electrons. The largest absolute Gasteiger partial charge is 0.308 e. The fourth-order valence-corrected chi connectivity index (χ4v) is 1.74. The SMILES string of the molecule is Cc1cc(F)ccc1-n1ncnc1CNC(C)C. The van der Waals surface area contributed by atoms with Crippen molar-refractivity contribution >= 4 is 0 Å². The lowest BCUT2D eigenvalue weighted by atomic mass is 10.2. The highest BCUT2D eigenvalue weighted by Crippen LogP contribution is 2.15. The molecule has 2 aromatic rings. The molecule has 0 unspecified atom stereocenters. The zero-order valence-corrected chi connectivity index (χ0v) is 10.8. The van der Waals surface area contributed by atoms with E-state index in [1.807, 2.05) is 6.92 Å². The van der Waals surface area contributed by atoms with E-state index < -0.39 is 0 Å². The molecule has 0 aliphatic rings. The Morgan fingerprint density at radius 3 is 2.83 bits per heavy atom. The van der Waals surface area contributed by atoms with E-state index in [2.05, 4.69) is 29.2 Å². The van der Waals surface area contributed by atoms with E-state index in [1.54, 1.807) is 10.7 Å². The number of aromatic nitrogens is 3. The highest BCUT2D eigenvalue weighted by Gasteiger charge is 2.09. The smallest absolute Gasteiger partial charge is 0.146 e. The van der Waals surface area contributed by atoms with Gasteiger partial charge in [0, 0.05) is 6.04 Å². The number of hydrogen-bond donors (Lipinski definition) is 1. The van der Waals surface area contributed by atoms with E-state index in [0.29, 0.717) is 12.6 Å². The Hall–Kier alpha value is -1.75. The van der Waals surface area contributed by atoms with Gasteiger partial charge in [-0.1, -0.05) is 13.8 Å². The zero-order valence-electron chi connectivity index (χ0n) is 10.8. The molecule has 2 rings (SSSR count). The Kier molecular flexibility index (Phi) is 3.72. The van der Waals surface area contributed by atoms with Crippen molar-refractivity contribution in [3.63, 3.8) is 0 Å². The molecule has 0 amide bonds. The van der Waals surface area contributed by atoms with Crippen molar-refractivity contribution in [1.29, 1.82) is 0 Å². The van der Waals surface area contributed by atoms with Crippen LogP contribution in [0.25, 0.3) is 5.69 Å². The van der Waals surface area contributed by atoms with Crippen LogP contribution in [0.5, 0.6) is 0 Å². The molecule has 1 N–H and O–H groups in total. The number of rotatable bonds is 4. The first kappa shape index (κ1) is 12.7. The first-order valence-corrected chi connectivity index (χ1v) is 5.96. The summed E-state index contributed by atoms with van der Waals surface area (Å²) in [6.07, 6.45) is 1.51. The van der Waals surface area contributed by atoms with Gasteiger partial charge < -0.3 is 5.32 Å². The maximum absolute atomic E-state index is 13.1. The third-order valence-corrected chi connectivity index (χ3v) is 2.67. The second-order valence-electron chi connectivity index (χ2n) is 4.55. The van der Waals surface area contributed by atoms with Crippen molar-refractivity contribution in [1.82, 2.24) is 20.1 Å². The Morgan fingerprint density at radius 2 is 2.17 bits per heavy atom. The molecular formula is C13H17FN4. The first-order chi connectivity index (χ1) is 8.58. The molecular weight excluding hydrogens is 231 g/mol. The van der Waals surface area contributed by atoms with Crippen LogP contribution in [0.4, 0.5) is 4.39 Å². The predicted molar refractivity (Wildman–Crippen MR) is 68.0 cm³/mol. The summed E-state index contributed by atoms with van der Waals surface area (Å²) in [6.45, 7) is 6.64. The number of nitrogens with one attached hydrogen (secondary N) is 1.